The molecule has 2 fully saturated rings. The van der Waals surface area contributed by atoms with Gasteiger partial charge in [-0.3, -0.25) is 14.4 Å². The number of carbonyl (C=O) groups is 3. The number of rotatable bonds is 6. The minimum absolute atomic E-state index is 0.0197. The van der Waals surface area contributed by atoms with Gasteiger partial charge in [0.1, 0.15) is 12.6 Å². The maximum absolute atomic E-state index is 13.2. The standard InChI is InChI=1S/C20H29N3O4S/c1-27-14-17(24)22-11-7-15(8-12-22)18(20(26)23-9-3-2-4-10-23)21-19(25)16-6-5-13-28-16/h5-6,13,15,18H,2-4,7-12,14H2,1H3,(H,21,25)/t18-/m1/s1. The third-order valence-electron chi connectivity index (χ3n) is 5.60. The number of nitrogens with one attached hydrogen (secondary N) is 1. The molecular weight excluding hydrogens is 378 g/mol. The molecule has 0 unspecified atom stereocenters. The maximum atomic E-state index is 13.2. The van der Waals surface area contributed by atoms with Crippen LogP contribution in [-0.4, -0.2) is 73.5 Å². The molecule has 0 bridgehead atoms. The van der Waals surface area contributed by atoms with Crippen LogP contribution < -0.4 is 5.32 Å². The lowest BCUT2D eigenvalue weighted by atomic mass is 9.88. The number of piperidine rings is 2. The Labute approximate surface area is 170 Å². The summed E-state index contributed by atoms with van der Waals surface area (Å²) in [6.07, 6.45) is 4.58. The second kappa shape index (κ2) is 10.0. The molecule has 0 aromatic carbocycles. The Morgan fingerprint density at radius 1 is 1.14 bits per heavy atom. The van der Waals surface area contributed by atoms with E-state index in [2.05, 4.69) is 5.32 Å². The average Bonchev–Trinajstić information content (AvgIpc) is 3.27. The number of hydrogen-bond acceptors (Lipinski definition) is 5. The van der Waals surface area contributed by atoms with Crippen LogP contribution in [0.5, 0.6) is 0 Å². The van der Waals surface area contributed by atoms with E-state index in [0.29, 0.717) is 30.8 Å². The molecule has 1 atom stereocenters. The molecule has 8 heteroatoms. The number of likely N-dealkylation sites (tertiary alicyclic amines) is 2. The van der Waals surface area contributed by atoms with Gasteiger partial charge < -0.3 is 19.9 Å². The first kappa shape index (κ1) is 20.8. The fraction of sp³-hybridized carbons (Fsp3) is 0.650. The Balaban J connectivity index is 1.68. The summed E-state index contributed by atoms with van der Waals surface area (Å²) in [6, 6.07) is 3.07. The average molecular weight is 408 g/mol. The molecule has 2 saturated heterocycles. The highest BCUT2D eigenvalue weighted by molar-refractivity contribution is 7.12. The minimum atomic E-state index is -0.535. The van der Waals surface area contributed by atoms with Gasteiger partial charge in [-0.15, -0.1) is 11.3 Å². The van der Waals surface area contributed by atoms with Gasteiger partial charge in [-0.25, -0.2) is 0 Å². The summed E-state index contributed by atoms with van der Waals surface area (Å²) >= 11 is 1.37. The van der Waals surface area contributed by atoms with Crippen molar-refractivity contribution in [3.8, 4) is 0 Å². The van der Waals surface area contributed by atoms with Crippen molar-refractivity contribution in [1.29, 1.82) is 0 Å². The van der Waals surface area contributed by atoms with Gasteiger partial charge in [-0.2, -0.15) is 0 Å². The monoisotopic (exact) mass is 407 g/mol. The van der Waals surface area contributed by atoms with Gasteiger partial charge in [0, 0.05) is 33.3 Å². The molecule has 3 heterocycles. The second-order valence-corrected chi connectivity index (χ2v) is 8.41. The SMILES string of the molecule is COCC(=O)N1CCC([C@@H](NC(=O)c2cccs2)C(=O)N2CCCCC2)CC1. The van der Waals surface area contributed by atoms with E-state index in [9.17, 15) is 14.4 Å². The fourth-order valence-corrected chi connectivity index (χ4v) is 4.64. The van der Waals surface area contributed by atoms with E-state index < -0.39 is 6.04 Å². The Hall–Kier alpha value is -1.93. The van der Waals surface area contributed by atoms with E-state index in [1.165, 1.54) is 18.4 Å². The summed E-state index contributed by atoms with van der Waals surface area (Å²) in [7, 11) is 1.51. The van der Waals surface area contributed by atoms with E-state index in [1.54, 1.807) is 11.0 Å². The molecule has 1 aromatic heterocycles. The van der Waals surface area contributed by atoms with Gasteiger partial charge in [-0.1, -0.05) is 6.07 Å². The fourth-order valence-electron chi connectivity index (χ4n) is 4.01. The molecule has 1 aromatic rings. The van der Waals surface area contributed by atoms with Crippen molar-refractivity contribution in [2.24, 2.45) is 5.92 Å². The van der Waals surface area contributed by atoms with E-state index in [-0.39, 0.29) is 30.2 Å². The van der Waals surface area contributed by atoms with Crippen molar-refractivity contribution in [3.05, 3.63) is 22.4 Å². The van der Waals surface area contributed by atoms with Crippen molar-refractivity contribution in [2.45, 2.75) is 38.1 Å². The van der Waals surface area contributed by atoms with Gasteiger partial charge in [0.05, 0.1) is 4.88 Å². The van der Waals surface area contributed by atoms with Gasteiger partial charge >= 0.3 is 0 Å². The van der Waals surface area contributed by atoms with Crippen molar-refractivity contribution >= 4 is 29.1 Å². The summed E-state index contributed by atoms with van der Waals surface area (Å²) in [5.41, 5.74) is 0. The number of nitrogens with zero attached hydrogens (tertiary/aromatic N) is 2. The van der Waals surface area contributed by atoms with Crippen LogP contribution in [0.1, 0.15) is 41.8 Å². The number of hydrogen-bond donors (Lipinski definition) is 1. The zero-order valence-electron chi connectivity index (χ0n) is 16.4. The molecule has 7 nitrogen and oxygen atoms in total. The van der Waals surface area contributed by atoms with Crippen LogP contribution in [-0.2, 0) is 14.3 Å². The highest BCUT2D eigenvalue weighted by atomic mass is 32.1. The van der Waals surface area contributed by atoms with Crippen molar-refractivity contribution in [3.63, 3.8) is 0 Å². The predicted molar refractivity (Wildman–Crippen MR) is 107 cm³/mol. The van der Waals surface area contributed by atoms with Gasteiger partial charge in [0.2, 0.25) is 11.8 Å². The molecule has 2 aliphatic heterocycles. The first-order valence-electron chi connectivity index (χ1n) is 10.00. The first-order chi connectivity index (χ1) is 13.6. The number of carbonyl (C=O) groups excluding carboxylic acids is 3. The summed E-state index contributed by atoms with van der Waals surface area (Å²) in [6.45, 7) is 2.78. The third-order valence-corrected chi connectivity index (χ3v) is 6.47. The highest BCUT2D eigenvalue weighted by Gasteiger charge is 2.36. The number of thiophene rings is 1. The smallest absolute Gasteiger partial charge is 0.262 e. The number of ether oxygens (including phenoxy) is 1. The number of methoxy groups -OCH3 is 1. The lowest BCUT2D eigenvalue weighted by Gasteiger charge is -2.38. The Bertz CT molecular complexity index is 665. The van der Waals surface area contributed by atoms with E-state index >= 15 is 0 Å². The molecule has 3 amide bonds. The molecule has 0 saturated carbocycles. The van der Waals surface area contributed by atoms with Gasteiger partial charge in [0.15, 0.2) is 0 Å². The zero-order chi connectivity index (χ0) is 19.9. The first-order valence-corrected chi connectivity index (χ1v) is 10.9. The summed E-state index contributed by atoms with van der Waals surface area (Å²) in [4.78, 5) is 42.2. The Kier molecular flexibility index (Phi) is 7.44. The molecule has 1 N–H and O–H groups in total. The Morgan fingerprint density at radius 2 is 1.86 bits per heavy atom. The van der Waals surface area contributed by atoms with Crippen molar-refractivity contribution in [1.82, 2.24) is 15.1 Å². The van der Waals surface area contributed by atoms with Crippen LogP contribution in [0, 0.1) is 5.92 Å². The number of amides is 3. The second-order valence-electron chi connectivity index (χ2n) is 7.47. The largest absolute Gasteiger partial charge is 0.375 e. The lowest BCUT2D eigenvalue weighted by molar-refractivity contribution is -0.138. The zero-order valence-corrected chi connectivity index (χ0v) is 17.2. The topological polar surface area (TPSA) is 79.0 Å². The van der Waals surface area contributed by atoms with Crippen LogP contribution >= 0.6 is 11.3 Å². The van der Waals surface area contributed by atoms with Crippen LogP contribution in [0.15, 0.2) is 17.5 Å². The van der Waals surface area contributed by atoms with Crippen LogP contribution in [0.4, 0.5) is 0 Å². The van der Waals surface area contributed by atoms with Crippen LogP contribution in [0.2, 0.25) is 0 Å². The minimum Gasteiger partial charge on any atom is -0.375 e. The molecule has 154 valence electrons. The molecule has 0 aliphatic carbocycles. The third kappa shape index (κ3) is 5.11. The maximum Gasteiger partial charge on any atom is 0.262 e. The van der Waals surface area contributed by atoms with Crippen molar-refractivity contribution in [2.75, 3.05) is 39.9 Å². The molecule has 2 aliphatic rings. The van der Waals surface area contributed by atoms with Gasteiger partial charge in [-0.05, 0) is 49.5 Å². The lowest BCUT2D eigenvalue weighted by Crippen LogP contribution is -2.55. The summed E-state index contributed by atoms with van der Waals surface area (Å²) < 4.78 is 4.93. The molecule has 0 radical (unpaired) electrons. The van der Waals surface area contributed by atoms with Crippen LogP contribution in [0.3, 0.4) is 0 Å². The Morgan fingerprint density at radius 3 is 2.46 bits per heavy atom. The van der Waals surface area contributed by atoms with E-state index in [4.69, 9.17) is 4.74 Å². The van der Waals surface area contributed by atoms with Gasteiger partial charge in [0.25, 0.3) is 5.91 Å². The molecule has 28 heavy (non-hydrogen) atoms. The normalized spacial score (nSPS) is 19.3. The molecule has 0 spiro atoms. The van der Waals surface area contributed by atoms with E-state index in [0.717, 1.165) is 32.4 Å². The van der Waals surface area contributed by atoms with Crippen molar-refractivity contribution < 1.29 is 19.1 Å². The summed E-state index contributed by atoms with van der Waals surface area (Å²) in [5.74, 6) is -0.165. The molecular formula is C20H29N3O4S. The predicted octanol–water partition coefficient (Wildman–Crippen LogP) is 1.74. The molecule has 3 rings (SSSR count). The van der Waals surface area contributed by atoms with Crippen LogP contribution in [0.25, 0.3) is 0 Å². The van der Waals surface area contributed by atoms with E-state index in [1.807, 2.05) is 16.3 Å². The highest BCUT2D eigenvalue weighted by Crippen LogP contribution is 2.24. The summed E-state index contributed by atoms with van der Waals surface area (Å²) in [5, 5.41) is 4.86. The quantitative estimate of drug-likeness (QED) is 0.779.